The van der Waals surface area contributed by atoms with Crippen LogP contribution in [0.15, 0.2) is 18.2 Å². The molecule has 1 aromatic rings. The van der Waals surface area contributed by atoms with Crippen LogP contribution in [0.3, 0.4) is 0 Å². The van der Waals surface area contributed by atoms with Crippen LogP contribution in [0.4, 0.5) is 0 Å². The van der Waals surface area contributed by atoms with E-state index in [1.165, 1.54) is 16.7 Å². The van der Waals surface area contributed by atoms with E-state index in [0.29, 0.717) is 5.66 Å². The highest BCUT2D eigenvalue weighted by molar-refractivity contribution is 7.17. The minimum absolute atomic E-state index is 0.564. The summed E-state index contributed by atoms with van der Waals surface area (Å²) in [7, 11) is 2.81. The fourth-order valence-electron chi connectivity index (χ4n) is 1.05. The van der Waals surface area contributed by atoms with Gasteiger partial charge < -0.3 is 0 Å². The maximum atomic E-state index is 2.81. The Morgan fingerprint density at radius 3 is 2.27 bits per heavy atom. The molecule has 1 rings (SSSR count). The van der Waals surface area contributed by atoms with Crippen molar-refractivity contribution < 1.29 is 0 Å². The van der Waals surface area contributed by atoms with Gasteiger partial charge in [0.05, 0.1) is 0 Å². The average Bonchev–Trinajstić information content (AvgIpc) is 1.94. The Bertz CT molecular complexity index is 251. The maximum absolute atomic E-state index is 2.81. The highest BCUT2D eigenvalue weighted by atomic mass is 31.0. The van der Waals surface area contributed by atoms with Gasteiger partial charge in [-0.25, -0.2) is 0 Å². The van der Waals surface area contributed by atoms with E-state index in [0.717, 1.165) is 0 Å². The van der Waals surface area contributed by atoms with Gasteiger partial charge in [-0.2, -0.15) is 0 Å². The number of rotatable bonds is 1. The van der Waals surface area contributed by atoms with Crippen LogP contribution in [0.2, 0.25) is 0 Å². The summed E-state index contributed by atoms with van der Waals surface area (Å²) in [5.74, 6) is 0. The summed E-state index contributed by atoms with van der Waals surface area (Å²) in [6, 6.07) is 6.64. The van der Waals surface area contributed by atoms with Gasteiger partial charge in [0.1, 0.15) is 0 Å². The van der Waals surface area contributed by atoms with Gasteiger partial charge >= 0.3 is 0 Å². The summed E-state index contributed by atoms with van der Waals surface area (Å²) in [5, 5.41) is 0. The fourth-order valence-corrected chi connectivity index (χ4v) is 1.26. The van der Waals surface area contributed by atoms with Gasteiger partial charge in [0.2, 0.25) is 0 Å². The number of hydrogen-bond donors (Lipinski definition) is 0. The van der Waals surface area contributed by atoms with Crippen LogP contribution in [0.5, 0.6) is 0 Å². The minimum Gasteiger partial charge on any atom is -0.130 e. The Kier molecular flexibility index (Phi) is 2.67. The molecule has 0 aromatic heterocycles. The predicted molar refractivity (Wildman–Crippen MR) is 54.0 cm³/mol. The Hall–Kier alpha value is -0.350. The van der Waals surface area contributed by atoms with Crippen molar-refractivity contribution in [2.45, 2.75) is 26.4 Å². The van der Waals surface area contributed by atoms with E-state index >= 15 is 0 Å². The van der Waals surface area contributed by atoms with Crippen molar-refractivity contribution in [3.63, 3.8) is 0 Å². The molecule has 0 amide bonds. The van der Waals surface area contributed by atoms with E-state index < -0.39 is 0 Å². The monoisotopic (exact) mass is 166 g/mol. The smallest absolute Gasteiger partial charge is 0.00427 e. The van der Waals surface area contributed by atoms with Crippen molar-refractivity contribution in [3.8, 4) is 0 Å². The molecule has 0 heterocycles. The largest absolute Gasteiger partial charge is 0.130 e. The molecular formula is C10H15P. The third-order valence-corrected chi connectivity index (χ3v) is 2.44. The molecule has 0 aliphatic rings. The quantitative estimate of drug-likeness (QED) is 0.562. The molecule has 0 aliphatic heterocycles. The molecule has 0 saturated heterocycles. The highest BCUT2D eigenvalue weighted by Gasteiger charge is 1.99. The van der Waals surface area contributed by atoms with Crippen LogP contribution in [0.1, 0.15) is 29.3 Å². The second-order valence-corrected chi connectivity index (χ2v) is 4.13. The molecule has 0 nitrogen and oxygen atoms in total. The van der Waals surface area contributed by atoms with Crippen molar-refractivity contribution in [2.24, 2.45) is 0 Å². The summed E-state index contributed by atoms with van der Waals surface area (Å²) < 4.78 is 0. The lowest BCUT2D eigenvalue weighted by atomic mass is 10.0. The Morgan fingerprint density at radius 1 is 1.18 bits per heavy atom. The van der Waals surface area contributed by atoms with Crippen LogP contribution in [-0.4, -0.2) is 0 Å². The van der Waals surface area contributed by atoms with Crippen molar-refractivity contribution in [1.29, 1.82) is 0 Å². The molecule has 0 aliphatic carbocycles. The van der Waals surface area contributed by atoms with Gasteiger partial charge in [0.15, 0.2) is 0 Å². The number of hydrogen-bond acceptors (Lipinski definition) is 0. The third kappa shape index (κ3) is 2.04. The third-order valence-electron chi connectivity index (χ3n) is 2.06. The molecule has 60 valence electrons. The molecule has 0 fully saturated rings. The molecule has 0 radical (unpaired) electrons. The summed E-state index contributed by atoms with van der Waals surface area (Å²) in [4.78, 5) is 0. The van der Waals surface area contributed by atoms with Crippen molar-refractivity contribution in [2.75, 3.05) is 0 Å². The molecule has 0 spiro atoms. The predicted octanol–water partition coefficient (Wildman–Crippen LogP) is 3.24. The molecule has 0 saturated carbocycles. The van der Waals surface area contributed by atoms with E-state index in [1.807, 2.05) is 0 Å². The standard InChI is InChI=1S/C10H15P/c1-7-4-5-10(9(3)11)6-8(7)2/h4-6,9H,11H2,1-3H3. The number of aryl methyl sites for hydroxylation is 2. The van der Waals surface area contributed by atoms with Crippen LogP contribution >= 0.6 is 9.24 Å². The Morgan fingerprint density at radius 2 is 1.82 bits per heavy atom. The van der Waals surface area contributed by atoms with Gasteiger partial charge in [-0.1, -0.05) is 25.1 Å². The van der Waals surface area contributed by atoms with Gasteiger partial charge in [-0.05, 0) is 36.2 Å². The average molecular weight is 166 g/mol. The molecule has 1 aromatic carbocycles. The van der Waals surface area contributed by atoms with E-state index in [2.05, 4.69) is 48.2 Å². The molecular weight excluding hydrogens is 151 g/mol. The van der Waals surface area contributed by atoms with E-state index in [-0.39, 0.29) is 0 Å². The first-order valence-corrected chi connectivity index (χ1v) is 4.60. The Labute approximate surface area is 71.2 Å². The first kappa shape index (κ1) is 8.74. The first-order chi connectivity index (χ1) is 5.11. The lowest BCUT2D eigenvalue weighted by molar-refractivity contribution is 1.09. The Balaban J connectivity index is 3.05. The van der Waals surface area contributed by atoms with Gasteiger partial charge in [-0.3, -0.25) is 0 Å². The molecule has 11 heavy (non-hydrogen) atoms. The van der Waals surface area contributed by atoms with Crippen LogP contribution < -0.4 is 0 Å². The fraction of sp³-hybridized carbons (Fsp3) is 0.400. The van der Waals surface area contributed by atoms with Crippen LogP contribution in [-0.2, 0) is 0 Å². The maximum Gasteiger partial charge on any atom is -0.00427 e. The molecule has 2 unspecified atom stereocenters. The van der Waals surface area contributed by atoms with Gasteiger partial charge in [0, 0.05) is 0 Å². The second-order valence-electron chi connectivity index (χ2n) is 3.13. The molecule has 0 bridgehead atoms. The SMILES string of the molecule is Cc1ccc(C(C)P)cc1C. The highest BCUT2D eigenvalue weighted by Crippen LogP contribution is 2.23. The van der Waals surface area contributed by atoms with E-state index in [4.69, 9.17) is 0 Å². The summed E-state index contributed by atoms with van der Waals surface area (Å²) in [6.45, 7) is 6.49. The van der Waals surface area contributed by atoms with Crippen LogP contribution in [0, 0.1) is 13.8 Å². The molecule has 2 atom stereocenters. The van der Waals surface area contributed by atoms with Crippen molar-refractivity contribution in [1.82, 2.24) is 0 Å². The summed E-state index contributed by atoms with van der Waals surface area (Å²) in [5.41, 5.74) is 4.73. The molecule has 1 heteroatoms. The zero-order chi connectivity index (χ0) is 8.43. The van der Waals surface area contributed by atoms with Crippen LogP contribution in [0.25, 0.3) is 0 Å². The van der Waals surface area contributed by atoms with Gasteiger partial charge in [0.25, 0.3) is 0 Å². The second kappa shape index (κ2) is 3.36. The van der Waals surface area contributed by atoms with Gasteiger partial charge in [-0.15, -0.1) is 9.24 Å². The van der Waals surface area contributed by atoms with E-state index in [9.17, 15) is 0 Å². The van der Waals surface area contributed by atoms with Crippen molar-refractivity contribution in [3.05, 3.63) is 34.9 Å². The first-order valence-electron chi connectivity index (χ1n) is 3.94. The topological polar surface area (TPSA) is 0 Å². The lowest BCUT2D eigenvalue weighted by Gasteiger charge is -2.07. The lowest BCUT2D eigenvalue weighted by Crippen LogP contribution is -1.86. The van der Waals surface area contributed by atoms with Crippen molar-refractivity contribution >= 4 is 9.24 Å². The zero-order valence-corrected chi connectivity index (χ0v) is 8.54. The summed E-state index contributed by atoms with van der Waals surface area (Å²) in [6.07, 6.45) is 0. The zero-order valence-electron chi connectivity index (χ0n) is 7.39. The minimum atomic E-state index is 0.564. The van der Waals surface area contributed by atoms with E-state index in [1.54, 1.807) is 0 Å². The normalized spacial score (nSPS) is 13.1. The summed E-state index contributed by atoms with van der Waals surface area (Å²) >= 11 is 0. The number of benzene rings is 1. The molecule has 0 N–H and O–H groups in total.